The van der Waals surface area contributed by atoms with Crippen molar-refractivity contribution in [1.82, 2.24) is 19.7 Å². The van der Waals surface area contributed by atoms with Gasteiger partial charge in [-0.2, -0.15) is 5.10 Å². The average Bonchev–Trinajstić information content (AvgIpc) is 3.33. The van der Waals surface area contributed by atoms with Gasteiger partial charge in [-0.15, -0.1) is 0 Å². The summed E-state index contributed by atoms with van der Waals surface area (Å²) in [5, 5.41) is 15.5. The SMILES string of the molecule is CCn1ncc2c(-c3cncc(C)c3)c(CO)c(C3CC3)nc21. The van der Waals surface area contributed by atoms with Crippen molar-refractivity contribution in [1.29, 1.82) is 0 Å². The van der Waals surface area contributed by atoms with E-state index in [-0.39, 0.29) is 6.61 Å². The van der Waals surface area contributed by atoms with Gasteiger partial charge < -0.3 is 5.11 Å². The van der Waals surface area contributed by atoms with Crippen LogP contribution < -0.4 is 0 Å². The lowest BCUT2D eigenvalue weighted by Crippen LogP contribution is -2.04. The first kappa shape index (κ1) is 14.3. The van der Waals surface area contributed by atoms with Crippen LogP contribution in [0, 0.1) is 6.92 Å². The van der Waals surface area contributed by atoms with Crippen molar-refractivity contribution in [2.24, 2.45) is 0 Å². The van der Waals surface area contributed by atoms with Gasteiger partial charge in [-0.25, -0.2) is 9.67 Å². The van der Waals surface area contributed by atoms with Crippen LogP contribution in [0.15, 0.2) is 24.7 Å². The number of aliphatic hydroxyl groups is 1. The van der Waals surface area contributed by atoms with Gasteiger partial charge in [-0.05, 0) is 38.3 Å². The largest absolute Gasteiger partial charge is 0.392 e. The highest BCUT2D eigenvalue weighted by Gasteiger charge is 2.30. The number of aliphatic hydroxyl groups excluding tert-OH is 1. The molecule has 3 aromatic heterocycles. The van der Waals surface area contributed by atoms with Crippen LogP contribution in [0.1, 0.15) is 42.5 Å². The molecule has 5 heteroatoms. The molecule has 0 bridgehead atoms. The van der Waals surface area contributed by atoms with E-state index >= 15 is 0 Å². The van der Waals surface area contributed by atoms with Crippen molar-refractivity contribution in [2.75, 3.05) is 0 Å². The van der Waals surface area contributed by atoms with Crippen molar-refractivity contribution >= 4 is 11.0 Å². The number of fused-ring (bicyclic) bond motifs is 1. The van der Waals surface area contributed by atoms with Crippen molar-refractivity contribution in [3.8, 4) is 11.1 Å². The second-order valence-electron chi connectivity index (χ2n) is 6.23. The maximum absolute atomic E-state index is 10.0. The molecule has 0 atom stereocenters. The number of rotatable bonds is 4. The maximum atomic E-state index is 10.0. The van der Waals surface area contributed by atoms with Crippen molar-refractivity contribution < 1.29 is 5.11 Å². The molecule has 4 rings (SSSR count). The topological polar surface area (TPSA) is 63.8 Å². The fraction of sp³-hybridized carbons (Fsp3) is 0.389. The van der Waals surface area contributed by atoms with E-state index in [0.717, 1.165) is 58.4 Å². The molecule has 3 heterocycles. The number of hydrogen-bond acceptors (Lipinski definition) is 4. The molecule has 0 spiro atoms. The Bertz CT molecular complexity index is 880. The van der Waals surface area contributed by atoms with E-state index in [0.29, 0.717) is 5.92 Å². The predicted octanol–water partition coefficient (Wildman–Crippen LogP) is 3.19. The van der Waals surface area contributed by atoms with Crippen LogP contribution in [0.4, 0.5) is 0 Å². The Labute approximate surface area is 135 Å². The number of aromatic nitrogens is 4. The third-order valence-corrected chi connectivity index (χ3v) is 4.50. The number of aryl methyl sites for hydroxylation is 2. The molecule has 23 heavy (non-hydrogen) atoms. The van der Waals surface area contributed by atoms with Gasteiger partial charge >= 0.3 is 0 Å². The molecular weight excluding hydrogens is 288 g/mol. The summed E-state index contributed by atoms with van der Waals surface area (Å²) >= 11 is 0. The summed E-state index contributed by atoms with van der Waals surface area (Å²) in [5.41, 5.74) is 6.04. The monoisotopic (exact) mass is 308 g/mol. The number of pyridine rings is 2. The van der Waals surface area contributed by atoms with Gasteiger partial charge in [0.1, 0.15) is 0 Å². The zero-order chi connectivity index (χ0) is 16.0. The van der Waals surface area contributed by atoms with Crippen LogP contribution in [-0.2, 0) is 13.2 Å². The van der Waals surface area contributed by atoms with Gasteiger partial charge in [0.05, 0.1) is 18.5 Å². The molecule has 3 aromatic rings. The summed E-state index contributed by atoms with van der Waals surface area (Å²) < 4.78 is 1.93. The van der Waals surface area contributed by atoms with Gasteiger partial charge in [0.2, 0.25) is 0 Å². The first-order valence-electron chi connectivity index (χ1n) is 8.14. The summed E-state index contributed by atoms with van der Waals surface area (Å²) in [4.78, 5) is 9.20. The smallest absolute Gasteiger partial charge is 0.158 e. The van der Waals surface area contributed by atoms with E-state index in [4.69, 9.17) is 4.98 Å². The van der Waals surface area contributed by atoms with Crippen molar-refractivity contribution in [2.45, 2.75) is 45.8 Å². The van der Waals surface area contributed by atoms with E-state index in [2.05, 4.69) is 23.1 Å². The second kappa shape index (κ2) is 5.42. The van der Waals surface area contributed by atoms with E-state index in [1.807, 2.05) is 30.2 Å². The zero-order valence-electron chi connectivity index (χ0n) is 13.5. The third-order valence-electron chi connectivity index (χ3n) is 4.50. The highest BCUT2D eigenvalue weighted by Crippen LogP contribution is 2.44. The normalized spacial score (nSPS) is 14.6. The Kier molecular flexibility index (Phi) is 3.38. The first-order valence-corrected chi connectivity index (χ1v) is 8.14. The van der Waals surface area contributed by atoms with Crippen LogP contribution in [0.25, 0.3) is 22.2 Å². The minimum absolute atomic E-state index is 0.00461. The molecule has 0 aromatic carbocycles. The van der Waals surface area contributed by atoms with Crippen LogP contribution in [-0.4, -0.2) is 24.9 Å². The fourth-order valence-electron chi connectivity index (χ4n) is 3.25. The van der Waals surface area contributed by atoms with Crippen LogP contribution in [0.3, 0.4) is 0 Å². The molecule has 1 N–H and O–H groups in total. The summed E-state index contributed by atoms with van der Waals surface area (Å²) in [6, 6.07) is 2.11. The molecule has 0 unspecified atom stereocenters. The zero-order valence-corrected chi connectivity index (χ0v) is 13.5. The standard InChI is InChI=1S/C18H20N4O/c1-3-22-18-14(9-20-22)16(13-6-11(2)7-19-8-13)15(10-23)17(21-18)12-4-5-12/h6-9,12,23H,3-5,10H2,1-2H3. The Hall–Kier alpha value is -2.27. The van der Waals surface area contributed by atoms with Gasteiger partial charge in [0.15, 0.2) is 5.65 Å². The van der Waals surface area contributed by atoms with Crippen LogP contribution in [0.5, 0.6) is 0 Å². The summed E-state index contributed by atoms with van der Waals surface area (Å²) in [6.07, 6.45) is 7.87. The third kappa shape index (κ3) is 2.32. The summed E-state index contributed by atoms with van der Waals surface area (Å²) in [6.45, 7) is 4.88. The van der Waals surface area contributed by atoms with Gasteiger partial charge in [0, 0.05) is 46.9 Å². The molecule has 1 fully saturated rings. The van der Waals surface area contributed by atoms with Gasteiger partial charge in [-0.1, -0.05) is 0 Å². The average molecular weight is 308 g/mol. The minimum Gasteiger partial charge on any atom is -0.392 e. The summed E-state index contributed by atoms with van der Waals surface area (Å²) in [7, 11) is 0. The molecule has 0 radical (unpaired) electrons. The number of nitrogens with zero attached hydrogens (tertiary/aromatic N) is 4. The molecular formula is C18H20N4O. The van der Waals surface area contributed by atoms with Crippen LogP contribution >= 0.6 is 0 Å². The lowest BCUT2D eigenvalue weighted by molar-refractivity contribution is 0.280. The van der Waals surface area contributed by atoms with E-state index < -0.39 is 0 Å². The Morgan fingerprint density at radius 1 is 1.26 bits per heavy atom. The quantitative estimate of drug-likeness (QED) is 0.804. The molecule has 1 aliphatic carbocycles. The van der Waals surface area contributed by atoms with E-state index in [1.54, 1.807) is 0 Å². The second-order valence-corrected chi connectivity index (χ2v) is 6.23. The van der Waals surface area contributed by atoms with Gasteiger partial charge in [-0.3, -0.25) is 4.98 Å². The molecule has 1 saturated carbocycles. The maximum Gasteiger partial charge on any atom is 0.158 e. The fourth-order valence-corrected chi connectivity index (χ4v) is 3.25. The predicted molar refractivity (Wildman–Crippen MR) is 89.1 cm³/mol. The lowest BCUT2D eigenvalue weighted by Gasteiger charge is -2.14. The Balaban J connectivity index is 2.08. The molecule has 1 aliphatic rings. The molecule has 118 valence electrons. The highest BCUT2D eigenvalue weighted by molar-refractivity contribution is 5.95. The van der Waals surface area contributed by atoms with E-state index in [1.165, 1.54) is 0 Å². The lowest BCUT2D eigenvalue weighted by atomic mass is 9.95. The van der Waals surface area contributed by atoms with Crippen molar-refractivity contribution in [3.63, 3.8) is 0 Å². The molecule has 0 saturated heterocycles. The molecule has 5 nitrogen and oxygen atoms in total. The Morgan fingerprint density at radius 3 is 2.74 bits per heavy atom. The summed E-state index contributed by atoms with van der Waals surface area (Å²) in [5.74, 6) is 0.471. The minimum atomic E-state index is -0.00461. The van der Waals surface area contributed by atoms with Crippen LogP contribution in [0.2, 0.25) is 0 Å². The highest BCUT2D eigenvalue weighted by atomic mass is 16.3. The molecule has 0 amide bonds. The molecule has 0 aliphatic heterocycles. The number of hydrogen-bond donors (Lipinski definition) is 1. The van der Waals surface area contributed by atoms with Gasteiger partial charge in [0.25, 0.3) is 0 Å². The first-order chi connectivity index (χ1) is 11.2. The van der Waals surface area contributed by atoms with E-state index in [9.17, 15) is 5.11 Å². The van der Waals surface area contributed by atoms with Crippen molar-refractivity contribution in [3.05, 3.63) is 41.5 Å². The Morgan fingerprint density at radius 2 is 2.09 bits per heavy atom.